The van der Waals surface area contributed by atoms with E-state index in [4.69, 9.17) is 9.73 Å². The zero-order chi connectivity index (χ0) is 22.3. The fourth-order valence-electron chi connectivity index (χ4n) is 3.47. The van der Waals surface area contributed by atoms with Gasteiger partial charge in [0.2, 0.25) is 10.0 Å². The first kappa shape index (κ1) is 22.9. The lowest BCUT2D eigenvalue weighted by molar-refractivity contribution is 0.372. The first-order valence-corrected chi connectivity index (χ1v) is 11.9. The molecule has 1 fully saturated rings. The van der Waals surface area contributed by atoms with Crippen molar-refractivity contribution in [2.75, 3.05) is 51.8 Å². The third-order valence-corrected chi connectivity index (χ3v) is 6.68. The van der Waals surface area contributed by atoms with Gasteiger partial charge in [0.25, 0.3) is 0 Å². The van der Waals surface area contributed by atoms with Gasteiger partial charge >= 0.3 is 0 Å². The molecule has 168 valence electrons. The zero-order valence-electron chi connectivity index (χ0n) is 18.3. The molecule has 2 N–H and O–H groups in total. The molecule has 31 heavy (non-hydrogen) atoms. The van der Waals surface area contributed by atoms with E-state index < -0.39 is 10.0 Å². The van der Waals surface area contributed by atoms with Crippen molar-refractivity contribution in [1.82, 2.24) is 14.9 Å². The molecule has 3 rings (SSSR count). The molecular formula is C22H31N5O3S. The Hall–Kier alpha value is -2.78. The summed E-state index contributed by atoms with van der Waals surface area (Å²) in [4.78, 5) is 9.64. The Morgan fingerprint density at radius 2 is 1.81 bits per heavy atom. The number of anilines is 1. The van der Waals surface area contributed by atoms with Gasteiger partial charge in [-0.1, -0.05) is 18.2 Å². The molecule has 1 aliphatic rings. The van der Waals surface area contributed by atoms with E-state index in [9.17, 15) is 8.42 Å². The normalized spacial score (nSPS) is 15.1. The highest BCUT2D eigenvalue weighted by atomic mass is 32.2. The maximum absolute atomic E-state index is 11.9. The number of piperazine rings is 1. The van der Waals surface area contributed by atoms with E-state index >= 15 is 0 Å². The van der Waals surface area contributed by atoms with Crippen molar-refractivity contribution >= 4 is 21.7 Å². The summed E-state index contributed by atoms with van der Waals surface area (Å²) in [5.41, 5.74) is 2.12. The van der Waals surface area contributed by atoms with Gasteiger partial charge in [-0.15, -0.1) is 0 Å². The average Bonchev–Trinajstić information content (AvgIpc) is 2.82. The minimum Gasteiger partial charge on any atom is -0.497 e. The molecule has 1 saturated heterocycles. The highest BCUT2D eigenvalue weighted by Gasteiger charge is 2.20. The number of ether oxygens (including phenoxy) is 1. The molecule has 0 bridgehead atoms. The summed E-state index contributed by atoms with van der Waals surface area (Å²) in [7, 11) is -0.333. The molecule has 0 spiro atoms. The highest BCUT2D eigenvalue weighted by Crippen LogP contribution is 2.22. The molecule has 1 heterocycles. The van der Waals surface area contributed by atoms with E-state index in [-0.39, 0.29) is 4.90 Å². The van der Waals surface area contributed by atoms with Gasteiger partial charge in [0, 0.05) is 44.5 Å². The van der Waals surface area contributed by atoms with Crippen molar-refractivity contribution in [2.24, 2.45) is 4.99 Å². The van der Waals surface area contributed by atoms with Crippen molar-refractivity contribution in [2.45, 2.75) is 18.4 Å². The van der Waals surface area contributed by atoms with E-state index in [1.54, 1.807) is 31.4 Å². The van der Waals surface area contributed by atoms with Gasteiger partial charge in [-0.2, -0.15) is 0 Å². The Morgan fingerprint density at radius 3 is 2.42 bits per heavy atom. The summed E-state index contributed by atoms with van der Waals surface area (Å²) in [6.07, 6.45) is 0. The second-order valence-electron chi connectivity index (χ2n) is 7.20. The summed E-state index contributed by atoms with van der Waals surface area (Å²) in [6, 6.07) is 15.0. The predicted molar refractivity (Wildman–Crippen MR) is 124 cm³/mol. The van der Waals surface area contributed by atoms with E-state index in [2.05, 4.69) is 38.9 Å². The van der Waals surface area contributed by atoms with Crippen LogP contribution in [0.5, 0.6) is 5.75 Å². The molecule has 2 aromatic rings. The lowest BCUT2D eigenvalue weighted by Gasteiger charge is -2.37. The van der Waals surface area contributed by atoms with Crippen LogP contribution in [0.25, 0.3) is 0 Å². The van der Waals surface area contributed by atoms with E-state index in [1.165, 1.54) is 7.05 Å². The van der Waals surface area contributed by atoms with Crippen molar-refractivity contribution in [3.8, 4) is 5.75 Å². The molecule has 0 atom stereocenters. The van der Waals surface area contributed by atoms with Gasteiger partial charge in [-0.25, -0.2) is 18.1 Å². The van der Waals surface area contributed by atoms with Crippen molar-refractivity contribution in [3.63, 3.8) is 0 Å². The standard InChI is InChI=1S/C22H31N5O3S/c1-4-24-22(25-17-18-8-10-21(11-9-18)31(28,29)23-2)27-14-12-26(13-15-27)19-6-5-7-20(16-19)30-3/h5-11,16,23H,4,12-15,17H2,1-3H3,(H,24,25). The van der Waals surface area contributed by atoms with Crippen LogP contribution in [0.15, 0.2) is 58.4 Å². The third kappa shape index (κ3) is 5.89. The van der Waals surface area contributed by atoms with E-state index in [0.29, 0.717) is 6.54 Å². The summed E-state index contributed by atoms with van der Waals surface area (Å²) < 4.78 is 31.4. The molecule has 0 radical (unpaired) electrons. The number of guanidine groups is 1. The molecule has 9 heteroatoms. The number of aliphatic imine (C=N–C) groups is 1. The lowest BCUT2D eigenvalue weighted by Crippen LogP contribution is -2.52. The summed E-state index contributed by atoms with van der Waals surface area (Å²) in [5.74, 6) is 1.74. The first-order valence-electron chi connectivity index (χ1n) is 10.4. The van der Waals surface area contributed by atoms with Crippen molar-refractivity contribution in [1.29, 1.82) is 0 Å². The fraction of sp³-hybridized carbons (Fsp3) is 0.409. The van der Waals surface area contributed by atoms with Crippen LogP contribution in [0.2, 0.25) is 0 Å². The topological polar surface area (TPSA) is 86.3 Å². The fourth-order valence-corrected chi connectivity index (χ4v) is 4.20. The van der Waals surface area contributed by atoms with Gasteiger partial charge in [0.05, 0.1) is 18.6 Å². The quantitative estimate of drug-likeness (QED) is 0.500. The molecule has 0 amide bonds. The Bertz CT molecular complexity index is 984. The molecule has 8 nitrogen and oxygen atoms in total. The Kier molecular flexibility index (Phi) is 7.75. The van der Waals surface area contributed by atoms with Crippen molar-refractivity contribution < 1.29 is 13.2 Å². The molecular weight excluding hydrogens is 414 g/mol. The van der Waals surface area contributed by atoms with E-state index in [0.717, 1.165) is 55.7 Å². The van der Waals surface area contributed by atoms with Gasteiger partial charge in [0.15, 0.2) is 5.96 Å². The smallest absolute Gasteiger partial charge is 0.240 e. The van der Waals surface area contributed by atoms with E-state index in [1.807, 2.05) is 12.1 Å². The molecule has 0 unspecified atom stereocenters. The number of methoxy groups -OCH3 is 1. The first-order chi connectivity index (χ1) is 15.0. The van der Waals surface area contributed by atoms with Crippen LogP contribution in [-0.4, -0.2) is 66.2 Å². The lowest BCUT2D eigenvalue weighted by atomic mass is 10.2. The number of sulfonamides is 1. The highest BCUT2D eigenvalue weighted by molar-refractivity contribution is 7.89. The number of benzene rings is 2. The maximum atomic E-state index is 11.9. The minimum absolute atomic E-state index is 0.253. The molecule has 0 saturated carbocycles. The minimum atomic E-state index is -3.42. The number of nitrogens with zero attached hydrogens (tertiary/aromatic N) is 3. The van der Waals surface area contributed by atoms with Crippen LogP contribution in [-0.2, 0) is 16.6 Å². The number of hydrogen-bond acceptors (Lipinski definition) is 5. The van der Waals surface area contributed by atoms with Gasteiger partial charge in [0.1, 0.15) is 5.75 Å². The number of rotatable bonds is 7. The summed E-state index contributed by atoms with van der Waals surface area (Å²) in [6.45, 7) is 6.85. The van der Waals surface area contributed by atoms with Crippen LogP contribution in [0, 0.1) is 0 Å². The van der Waals surface area contributed by atoms with Gasteiger partial charge in [-0.05, 0) is 43.8 Å². The molecule has 2 aromatic carbocycles. The Morgan fingerprint density at radius 1 is 1.10 bits per heavy atom. The van der Waals surface area contributed by atoms with Crippen LogP contribution in [0.3, 0.4) is 0 Å². The Balaban J connectivity index is 1.63. The third-order valence-electron chi connectivity index (χ3n) is 5.25. The zero-order valence-corrected chi connectivity index (χ0v) is 19.2. The molecule has 1 aliphatic heterocycles. The maximum Gasteiger partial charge on any atom is 0.240 e. The number of nitrogens with one attached hydrogen (secondary N) is 2. The van der Waals surface area contributed by atoms with Crippen LogP contribution in [0.4, 0.5) is 5.69 Å². The second-order valence-corrected chi connectivity index (χ2v) is 9.08. The molecule has 0 aromatic heterocycles. The monoisotopic (exact) mass is 445 g/mol. The largest absolute Gasteiger partial charge is 0.497 e. The van der Waals surface area contributed by atoms with Crippen LogP contribution in [0.1, 0.15) is 12.5 Å². The summed E-state index contributed by atoms with van der Waals surface area (Å²) in [5, 5.41) is 3.37. The summed E-state index contributed by atoms with van der Waals surface area (Å²) >= 11 is 0. The molecule has 0 aliphatic carbocycles. The Labute approximate surface area is 185 Å². The SMILES string of the molecule is CCNC(=NCc1ccc(S(=O)(=O)NC)cc1)N1CCN(c2cccc(OC)c2)CC1. The van der Waals surface area contributed by atoms with Gasteiger partial charge in [-0.3, -0.25) is 0 Å². The van der Waals surface area contributed by atoms with Crippen molar-refractivity contribution in [3.05, 3.63) is 54.1 Å². The van der Waals surface area contributed by atoms with Gasteiger partial charge < -0.3 is 19.9 Å². The number of hydrogen-bond donors (Lipinski definition) is 2. The predicted octanol–water partition coefficient (Wildman–Crippen LogP) is 1.89. The van der Waals surface area contributed by atoms with Crippen LogP contribution < -0.4 is 19.7 Å². The van der Waals surface area contributed by atoms with Crippen LogP contribution >= 0.6 is 0 Å². The average molecular weight is 446 g/mol. The second kappa shape index (κ2) is 10.5.